The van der Waals surface area contributed by atoms with Crippen LogP contribution in [0.5, 0.6) is 0 Å². The molecule has 0 spiro atoms. The Balaban J connectivity index is 2.11. The predicted octanol–water partition coefficient (Wildman–Crippen LogP) is 0.332. The second-order valence-electron chi connectivity index (χ2n) is 3.44. The van der Waals surface area contributed by atoms with Gasteiger partial charge in [-0.25, -0.2) is 4.79 Å². The molecule has 0 unspecified atom stereocenters. The van der Waals surface area contributed by atoms with Gasteiger partial charge in [0, 0.05) is 4.88 Å². The molecule has 6 nitrogen and oxygen atoms in total. The number of carboxylic acid groups (broad SMARTS) is 1. The smallest absolute Gasteiger partial charge is 0.345 e. The van der Waals surface area contributed by atoms with Crippen molar-refractivity contribution in [1.29, 1.82) is 0 Å². The third kappa shape index (κ3) is 2.51. The van der Waals surface area contributed by atoms with E-state index in [0.717, 1.165) is 16.2 Å². The molecule has 0 saturated carbocycles. The van der Waals surface area contributed by atoms with Crippen molar-refractivity contribution in [1.82, 2.24) is 4.90 Å². The summed E-state index contributed by atoms with van der Waals surface area (Å²) in [4.78, 5) is 35.4. The average molecular weight is 255 g/mol. The highest BCUT2D eigenvalue weighted by Crippen LogP contribution is 2.19. The van der Waals surface area contributed by atoms with Crippen LogP contribution in [0.3, 0.4) is 0 Å². The first-order valence-corrected chi connectivity index (χ1v) is 5.62. The molecule has 2 amide bonds. The fourth-order valence-electron chi connectivity index (χ4n) is 1.43. The van der Waals surface area contributed by atoms with Crippen molar-refractivity contribution in [3.05, 3.63) is 21.9 Å². The summed E-state index contributed by atoms with van der Waals surface area (Å²) in [5, 5.41) is 8.75. The summed E-state index contributed by atoms with van der Waals surface area (Å²) in [5.41, 5.74) is 0. The van der Waals surface area contributed by atoms with Crippen LogP contribution in [-0.2, 0) is 20.9 Å². The second-order valence-corrected chi connectivity index (χ2v) is 4.61. The van der Waals surface area contributed by atoms with Gasteiger partial charge in [-0.05, 0) is 12.1 Å². The van der Waals surface area contributed by atoms with E-state index in [9.17, 15) is 14.4 Å². The van der Waals surface area contributed by atoms with Crippen LogP contribution < -0.4 is 0 Å². The lowest BCUT2D eigenvalue weighted by Gasteiger charge is -2.24. The molecule has 1 fully saturated rings. The molecule has 1 aliphatic rings. The Morgan fingerprint density at radius 1 is 1.35 bits per heavy atom. The maximum Gasteiger partial charge on any atom is 0.345 e. The first-order chi connectivity index (χ1) is 8.08. The van der Waals surface area contributed by atoms with Gasteiger partial charge in [-0.1, -0.05) is 0 Å². The molecule has 2 heterocycles. The van der Waals surface area contributed by atoms with E-state index in [1.807, 2.05) is 0 Å². The fourth-order valence-corrected chi connectivity index (χ4v) is 2.27. The quantitative estimate of drug-likeness (QED) is 0.787. The number of carbonyl (C=O) groups excluding carboxylic acids is 2. The molecule has 7 heteroatoms. The summed E-state index contributed by atoms with van der Waals surface area (Å²) in [7, 11) is 0. The van der Waals surface area contributed by atoms with Crippen molar-refractivity contribution in [3.8, 4) is 0 Å². The molecule has 1 N–H and O–H groups in total. The van der Waals surface area contributed by atoms with Gasteiger partial charge in [-0.2, -0.15) is 0 Å². The van der Waals surface area contributed by atoms with Gasteiger partial charge < -0.3 is 9.84 Å². The number of rotatable bonds is 3. The van der Waals surface area contributed by atoms with Gasteiger partial charge in [-0.3, -0.25) is 14.5 Å². The molecule has 0 aromatic carbocycles. The van der Waals surface area contributed by atoms with Gasteiger partial charge in [0.2, 0.25) is 0 Å². The SMILES string of the molecule is O=C(O)c1ccc(CN2C(=O)COCC2=O)s1. The molecule has 0 atom stereocenters. The number of carbonyl (C=O) groups is 3. The van der Waals surface area contributed by atoms with Gasteiger partial charge in [0.05, 0.1) is 6.54 Å². The minimum absolute atomic E-state index is 0.108. The Morgan fingerprint density at radius 2 is 2.00 bits per heavy atom. The largest absolute Gasteiger partial charge is 0.477 e. The van der Waals surface area contributed by atoms with E-state index in [0.29, 0.717) is 4.88 Å². The van der Waals surface area contributed by atoms with Gasteiger partial charge in [0.1, 0.15) is 18.1 Å². The summed E-state index contributed by atoms with van der Waals surface area (Å²) in [6.45, 7) is -0.106. The zero-order valence-corrected chi connectivity index (χ0v) is 9.53. The molecule has 2 rings (SSSR count). The van der Waals surface area contributed by atoms with Crippen molar-refractivity contribution < 1.29 is 24.2 Å². The summed E-state index contributed by atoms with van der Waals surface area (Å²) >= 11 is 1.05. The number of aromatic carboxylic acids is 1. The zero-order chi connectivity index (χ0) is 12.4. The molecule has 0 aliphatic carbocycles. The predicted molar refractivity (Wildman–Crippen MR) is 57.7 cm³/mol. The molecule has 0 radical (unpaired) electrons. The third-order valence-electron chi connectivity index (χ3n) is 2.24. The van der Waals surface area contributed by atoms with E-state index in [-0.39, 0.29) is 24.6 Å². The minimum atomic E-state index is -1.01. The van der Waals surface area contributed by atoms with E-state index in [1.54, 1.807) is 6.07 Å². The molecule has 0 bridgehead atoms. The molecule has 1 aromatic heterocycles. The van der Waals surface area contributed by atoms with Crippen LogP contribution in [0.4, 0.5) is 0 Å². The molecular formula is C10H9NO5S. The molecule has 90 valence electrons. The summed E-state index contributed by atoms with van der Waals surface area (Å²) in [5.74, 6) is -1.81. The summed E-state index contributed by atoms with van der Waals surface area (Å²) < 4.78 is 4.77. The van der Waals surface area contributed by atoms with Crippen molar-refractivity contribution >= 4 is 29.1 Å². The number of carboxylic acids is 1. The summed E-state index contributed by atoms with van der Waals surface area (Å²) in [6.07, 6.45) is 0. The van der Waals surface area contributed by atoms with Crippen molar-refractivity contribution in [2.45, 2.75) is 6.54 Å². The number of ether oxygens (including phenoxy) is 1. The number of thiophene rings is 1. The monoisotopic (exact) mass is 255 g/mol. The fraction of sp³-hybridized carbons (Fsp3) is 0.300. The van der Waals surface area contributed by atoms with Crippen molar-refractivity contribution in [2.24, 2.45) is 0 Å². The first kappa shape index (κ1) is 11.7. The number of amides is 2. The van der Waals surface area contributed by atoms with Gasteiger partial charge in [-0.15, -0.1) is 11.3 Å². The third-order valence-corrected chi connectivity index (χ3v) is 3.30. The van der Waals surface area contributed by atoms with Crippen LogP contribution in [0.15, 0.2) is 12.1 Å². The number of nitrogens with zero attached hydrogens (tertiary/aromatic N) is 1. The zero-order valence-electron chi connectivity index (χ0n) is 8.71. The van der Waals surface area contributed by atoms with E-state index < -0.39 is 17.8 Å². The standard InChI is InChI=1S/C10H9NO5S/c12-8-4-16-5-9(13)11(8)3-6-1-2-7(17-6)10(14)15/h1-2H,3-5H2,(H,14,15). The van der Waals surface area contributed by atoms with E-state index >= 15 is 0 Å². The van der Waals surface area contributed by atoms with Crippen LogP contribution in [-0.4, -0.2) is 41.0 Å². The highest BCUT2D eigenvalue weighted by molar-refractivity contribution is 7.13. The lowest BCUT2D eigenvalue weighted by atomic mass is 10.3. The molecule has 17 heavy (non-hydrogen) atoms. The van der Waals surface area contributed by atoms with Gasteiger partial charge in [0.15, 0.2) is 0 Å². The topological polar surface area (TPSA) is 83.9 Å². The van der Waals surface area contributed by atoms with Crippen molar-refractivity contribution in [2.75, 3.05) is 13.2 Å². The Morgan fingerprint density at radius 3 is 2.53 bits per heavy atom. The highest BCUT2D eigenvalue weighted by atomic mass is 32.1. The van der Waals surface area contributed by atoms with Gasteiger partial charge in [0.25, 0.3) is 11.8 Å². The number of hydrogen-bond donors (Lipinski definition) is 1. The maximum atomic E-state index is 11.4. The number of hydrogen-bond acceptors (Lipinski definition) is 5. The van der Waals surface area contributed by atoms with E-state index in [2.05, 4.69) is 0 Å². The van der Waals surface area contributed by atoms with E-state index in [4.69, 9.17) is 9.84 Å². The second kappa shape index (κ2) is 4.64. The van der Waals surface area contributed by atoms with Crippen LogP contribution in [0.2, 0.25) is 0 Å². The number of morpholine rings is 1. The van der Waals surface area contributed by atoms with Crippen LogP contribution in [0, 0.1) is 0 Å². The Bertz CT molecular complexity index is 465. The van der Waals surface area contributed by atoms with Crippen LogP contribution in [0.1, 0.15) is 14.5 Å². The maximum absolute atomic E-state index is 11.4. The average Bonchev–Trinajstić information content (AvgIpc) is 2.72. The van der Waals surface area contributed by atoms with Crippen LogP contribution in [0.25, 0.3) is 0 Å². The summed E-state index contributed by atoms with van der Waals surface area (Å²) in [6, 6.07) is 3.06. The molecule has 1 aliphatic heterocycles. The normalized spacial score (nSPS) is 16.4. The molecule has 1 aromatic rings. The Kier molecular flexibility index (Phi) is 3.21. The minimum Gasteiger partial charge on any atom is -0.477 e. The first-order valence-electron chi connectivity index (χ1n) is 4.81. The molecular weight excluding hydrogens is 246 g/mol. The van der Waals surface area contributed by atoms with E-state index in [1.165, 1.54) is 6.07 Å². The Hall–Kier alpha value is -1.73. The molecule has 1 saturated heterocycles. The lowest BCUT2D eigenvalue weighted by molar-refractivity contribution is -0.159. The Labute approximate surface area is 100 Å². The lowest BCUT2D eigenvalue weighted by Crippen LogP contribution is -2.45. The number of imide groups is 1. The van der Waals surface area contributed by atoms with Crippen molar-refractivity contribution in [3.63, 3.8) is 0 Å². The van der Waals surface area contributed by atoms with Crippen LogP contribution >= 0.6 is 11.3 Å². The van der Waals surface area contributed by atoms with Gasteiger partial charge >= 0.3 is 5.97 Å². The highest BCUT2D eigenvalue weighted by Gasteiger charge is 2.27.